The standard InChI is InChI=1S/C21H19N3O3S/c1-14-5-3-4-6-17(14)24-20(25)10-21-23-16(13-28-21)12-27-18-8-7-15(11-22)9-19(18)26-2/h3-9,13H,10,12H2,1-2H3,(H,24,25). The minimum Gasteiger partial charge on any atom is -0.493 e. The van der Waals surface area contributed by atoms with E-state index in [4.69, 9.17) is 14.7 Å². The molecule has 1 N–H and O–H groups in total. The molecule has 0 fully saturated rings. The van der Waals surface area contributed by atoms with Crippen molar-refractivity contribution in [1.29, 1.82) is 5.26 Å². The van der Waals surface area contributed by atoms with Crippen LogP contribution in [0.1, 0.15) is 21.8 Å². The summed E-state index contributed by atoms with van der Waals surface area (Å²) in [6.45, 7) is 2.20. The number of aryl methyl sites for hydroxylation is 1. The summed E-state index contributed by atoms with van der Waals surface area (Å²) < 4.78 is 11.0. The molecule has 0 spiro atoms. The van der Waals surface area contributed by atoms with Crippen LogP contribution in [-0.4, -0.2) is 18.0 Å². The van der Waals surface area contributed by atoms with Crippen molar-refractivity contribution in [3.8, 4) is 17.6 Å². The van der Waals surface area contributed by atoms with Gasteiger partial charge in [-0.1, -0.05) is 18.2 Å². The van der Waals surface area contributed by atoms with Crippen LogP contribution in [0, 0.1) is 18.3 Å². The highest BCUT2D eigenvalue weighted by atomic mass is 32.1. The predicted octanol–water partition coefficient (Wildman–Crippen LogP) is 4.09. The van der Waals surface area contributed by atoms with E-state index in [1.807, 2.05) is 36.6 Å². The third-order valence-corrected chi connectivity index (χ3v) is 4.90. The van der Waals surface area contributed by atoms with Gasteiger partial charge in [0.25, 0.3) is 0 Å². The van der Waals surface area contributed by atoms with Crippen LogP contribution in [0.4, 0.5) is 5.69 Å². The van der Waals surface area contributed by atoms with Gasteiger partial charge in [0.05, 0.1) is 30.9 Å². The number of nitrogens with one attached hydrogen (secondary N) is 1. The smallest absolute Gasteiger partial charge is 0.231 e. The number of anilines is 1. The molecular weight excluding hydrogens is 374 g/mol. The molecule has 1 heterocycles. The van der Waals surface area contributed by atoms with Gasteiger partial charge in [0.15, 0.2) is 11.5 Å². The van der Waals surface area contributed by atoms with Crippen molar-refractivity contribution in [2.45, 2.75) is 20.0 Å². The van der Waals surface area contributed by atoms with Crippen LogP contribution in [0.3, 0.4) is 0 Å². The van der Waals surface area contributed by atoms with E-state index in [2.05, 4.69) is 16.4 Å². The third-order valence-electron chi connectivity index (χ3n) is 4.00. The van der Waals surface area contributed by atoms with Gasteiger partial charge in [-0.2, -0.15) is 5.26 Å². The Balaban J connectivity index is 1.58. The summed E-state index contributed by atoms with van der Waals surface area (Å²) in [6.07, 6.45) is 0.208. The molecule has 0 aliphatic heterocycles. The molecule has 0 aliphatic carbocycles. The van der Waals surface area contributed by atoms with E-state index in [1.54, 1.807) is 18.2 Å². The van der Waals surface area contributed by atoms with E-state index in [0.717, 1.165) is 22.0 Å². The monoisotopic (exact) mass is 393 g/mol. The minimum atomic E-state index is -0.107. The first kappa shape index (κ1) is 19.4. The van der Waals surface area contributed by atoms with Crippen LogP contribution < -0.4 is 14.8 Å². The largest absolute Gasteiger partial charge is 0.493 e. The number of nitrogens with zero attached hydrogens (tertiary/aromatic N) is 2. The Hall–Kier alpha value is -3.37. The summed E-state index contributed by atoms with van der Waals surface area (Å²) in [6, 6.07) is 14.7. The van der Waals surface area contributed by atoms with Gasteiger partial charge in [-0.05, 0) is 30.7 Å². The van der Waals surface area contributed by atoms with Gasteiger partial charge in [0, 0.05) is 17.1 Å². The number of methoxy groups -OCH3 is 1. The topological polar surface area (TPSA) is 84.2 Å². The molecule has 0 radical (unpaired) electrons. The Morgan fingerprint density at radius 2 is 2.07 bits per heavy atom. The zero-order valence-electron chi connectivity index (χ0n) is 15.6. The van der Waals surface area contributed by atoms with Crippen molar-refractivity contribution in [3.05, 3.63) is 69.7 Å². The zero-order valence-corrected chi connectivity index (χ0v) is 16.4. The number of carbonyl (C=O) groups is 1. The number of carbonyl (C=O) groups excluding carboxylic acids is 1. The lowest BCUT2D eigenvalue weighted by Gasteiger charge is -2.09. The van der Waals surface area contributed by atoms with Gasteiger partial charge in [0.2, 0.25) is 5.91 Å². The van der Waals surface area contributed by atoms with E-state index < -0.39 is 0 Å². The number of hydrogen-bond acceptors (Lipinski definition) is 6. The van der Waals surface area contributed by atoms with Crippen LogP contribution in [-0.2, 0) is 17.8 Å². The summed E-state index contributed by atoms with van der Waals surface area (Å²) in [5, 5.41) is 14.4. The molecule has 1 aromatic heterocycles. The first-order valence-corrected chi connectivity index (χ1v) is 9.46. The number of thiazole rings is 1. The lowest BCUT2D eigenvalue weighted by molar-refractivity contribution is -0.115. The second-order valence-electron chi connectivity index (χ2n) is 6.04. The lowest BCUT2D eigenvalue weighted by Crippen LogP contribution is -2.15. The van der Waals surface area contributed by atoms with E-state index >= 15 is 0 Å². The van der Waals surface area contributed by atoms with Crippen LogP contribution in [0.5, 0.6) is 11.5 Å². The van der Waals surface area contributed by atoms with E-state index in [1.165, 1.54) is 18.4 Å². The summed E-state index contributed by atoms with van der Waals surface area (Å²) in [4.78, 5) is 16.7. The normalized spacial score (nSPS) is 10.2. The fraction of sp³-hybridized carbons (Fsp3) is 0.190. The molecule has 1 amide bonds. The zero-order chi connectivity index (χ0) is 19.9. The summed E-state index contributed by atoms with van der Waals surface area (Å²) in [5.74, 6) is 0.922. The molecule has 0 saturated carbocycles. The molecule has 0 aliphatic rings. The molecule has 142 valence electrons. The van der Waals surface area contributed by atoms with Crippen molar-refractivity contribution < 1.29 is 14.3 Å². The number of amides is 1. The van der Waals surface area contributed by atoms with Gasteiger partial charge in [-0.25, -0.2) is 4.98 Å². The highest BCUT2D eigenvalue weighted by Gasteiger charge is 2.11. The van der Waals surface area contributed by atoms with Gasteiger partial charge in [-0.15, -0.1) is 11.3 Å². The number of rotatable bonds is 7. The first-order valence-electron chi connectivity index (χ1n) is 8.58. The van der Waals surface area contributed by atoms with E-state index in [9.17, 15) is 4.79 Å². The van der Waals surface area contributed by atoms with Crippen LogP contribution in [0.25, 0.3) is 0 Å². The Morgan fingerprint density at radius 1 is 1.25 bits per heavy atom. The van der Waals surface area contributed by atoms with Gasteiger partial charge >= 0.3 is 0 Å². The molecule has 3 aromatic rings. The Kier molecular flexibility index (Phi) is 6.25. The molecule has 6 nitrogen and oxygen atoms in total. The Morgan fingerprint density at radius 3 is 2.82 bits per heavy atom. The van der Waals surface area contributed by atoms with Crippen LogP contribution >= 0.6 is 11.3 Å². The summed E-state index contributed by atoms with van der Waals surface area (Å²) in [7, 11) is 1.53. The quantitative estimate of drug-likeness (QED) is 0.653. The molecule has 3 rings (SSSR count). The molecule has 28 heavy (non-hydrogen) atoms. The molecule has 0 saturated heterocycles. The molecule has 0 atom stereocenters. The number of nitriles is 1. The van der Waals surface area contributed by atoms with Crippen molar-refractivity contribution in [2.75, 3.05) is 12.4 Å². The molecule has 7 heteroatoms. The van der Waals surface area contributed by atoms with Crippen LogP contribution in [0.2, 0.25) is 0 Å². The number of aromatic nitrogens is 1. The van der Waals surface area contributed by atoms with Crippen molar-refractivity contribution >= 4 is 22.9 Å². The average molecular weight is 393 g/mol. The van der Waals surface area contributed by atoms with Crippen molar-refractivity contribution in [2.24, 2.45) is 0 Å². The SMILES string of the molecule is COc1cc(C#N)ccc1OCc1csc(CC(=O)Nc2ccccc2C)n1. The molecule has 0 unspecified atom stereocenters. The maximum Gasteiger partial charge on any atom is 0.231 e. The van der Waals surface area contributed by atoms with Crippen LogP contribution in [0.15, 0.2) is 47.8 Å². The molecule has 2 aromatic carbocycles. The maximum absolute atomic E-state index is 12.2. The number of hydrogen-bond donors (Lipinski definition) is 1. The second-order valence-corrected chi connectivity index (χ2v) is 6.98. The number of benzene rings is 2. The first-order chi connectivity index (χ1) is 13.6. The fourth-order valence-corrected chi connectivity index (χ4v) is 3.33. The maximum atomic E-state index is 12.2. The fourth-order valence-electron chi connectivity index (χ4n) is 2.55. The third kappa shape index (κ3) is 4.87. The van der Waals surface area contributed by atoms with Crippen molar-refractivity contribution in [1.82, 2.24) is 4.98 Å². The predicted molar refractivity (Wildman–Crippen MR) is 108 cm³/mol. The average Bonchev–Trinajstić information content (AvgIpc) is 3.15. The second kappa shape index (κ2) is 9.02. The minimum absolute atomic E-state index is 0.107. The van der Waals surface area contributed by atoms with Gasteiger partial charge < -0.3 is 14.8 Å². The number of ether oxygens (including phenoxy) is 2. The van der Waals surface area contributed by atoms with Gasteiger partial charge in [-0.3, -0.25) is 4.79 Å². The number of para-hydroxylation sites is 1. The molecule has 0 bridgehead atoms. The lowest BCUT2D eigenvalue weighted by atomic mass is 10.2. The Labute approximate surface area is 167 Å². The highest BCUT2D eigenvalue weighted by Crippen LogP contribution is 2.28. The highest BCUT2D eigenvalue weighted by molar-refractivity contribution is 7.09. The summed E-state index contributed by atoms with van der Waals surface area (Å²) in [5.41, 5.74) is 3.05. The van der Waals surface area contributed by atoms with E-state index in [-0.39, 0.29) is 18.9 Å². The molecular formula is C21H19N3O3S. The van der Waals surface area contributed by atoms with E-state index in [0.29, 0.717) is 17.1 Å². The summed E-state index contributed by atoms with van der Waals surface area (Å²) >= 11 is 1.42. The van der Waals surface area contributed by atoms with Gasteiger partial charge in [0.1, 0.15) is 11.6 Å². The van der Waals surface area contributed by atoms with Crippen molar-refractivity contribution in [3.63, 3.8) is 0 Å². The Bertz CT molecular complexity index is 1020.